The number of ketones is 1. The summed E-state index contributed by atoms with van der Waals surface area (Å²) in [6.45, 7) is 1.43. The molecule has 0 saturated carbocycles. The molecule has 0 aliphatic carbocycles. The second kappa shape index (κ2) is 5.37. The van der Waals surface area contributed by atoms with Crippen molar-refractivity contribution in [3.8, 4) is 0 Å². The lowest BCUT2D eigenvalue weighted by Gasteiger charge is -2.10. The van der Waals surface area contributed by atoms with E-state index in [9.17, 15) is 9.59 Å². The van der Waals surface area contributed by atoms with Crippen LogP contribution in [0.15, 0.2) is 65.6 Å². The Bertz CT molecular complexity index is 863. The van der Waals surface area contributed by atoms with E-state index in [1.165, 1.54) is 6.92 Å². The maximum absolute atomic E-state index is 12.3. The molecule has 0 saturated heterocycles. The molecule has 21 heavy (non-hydrogen) atoms. The molecular weight excluding hydrogens is 262 g/mol. The van der Waals surface area contributed by atoms with Crippen molar-refractivity contribution in [2.45, 2.75) is 13.3 Å². The van der Waals surface area contributed by atoms with Crippen molar-refractivity contribution < 1.29 is 4.79 Å². The second-order valence-corrected chi connectivity index (χ2v) is 5.06. The van der Waals surface area contributed by atoms with E-state index in [-0.39, 0.29) is 16.9 Å². The molecule has 3 heteroatoms. The number of hydrogen-bond acceptors (Lipinski definition) is 2. The molecule has 0 radical (unpaired) electrons. The minimum atomic E-state index is -0.255. The Morgan fingerprint density at radius 1 is 1.05 bits per heavy atom. The van der Waals surface area contributed by atoms with E-state index < -0.39 is 0 Å². The summed E-state index contributed by atoms with van der Waals surface area (Å²) in [5.41, 5.74) is 2.96. The summed E-state index contributed by atoms with van der Waals surface area (Å²) in [5, 5.41) is 0. The van der Waals surface area contributed by atoms with Crippen molar-refractivity contribution in [3.05, 3.63) is 87.8 Å². The van der Waals surface area contributed by atoms with Gasteiger partial charge in [0.2, 0.25) is 0 Å². The van der Waals surface area contributed by atoms with Crippen LogP contribution in [0.5, 0.6) is 0 Å². The Morgan fingerprint density at radius 3 is 2.48 bits per heavy atom. The first-order chi connectivity index (χ1) is 10.2. The van der Waals surface area contributed by atoms with Gasteiger partial charge in [0, 0.05) is 6.20 Å². The number of benzene rings is 1. The molecule has 3 rings (SSSR count). The van der Waals surface area contributed by atoms with E-state index in [4.69, 9.17) is 0 Å². The normalized spacial score (nSPS) is 10.7. The van der Waals surface area contributed by atoms with Crippen molar-refractivity contribution in [3.63, 3.8) is 0 Å². The predicted octanol–water partition coefficient (Wildman–Crippen LogP) is 3.09. The third-order valence-electron chi connectivity index (χ3n) is 3.57. The molecule has 2 aromatic heterocycles. The number of fused-ring (bicyclic) bond motifs is 1. The molecule has 3 nitrogen and oxygen atoms in total. The number of Topliss-reactive ketones (excluding diaryl/α,β-unsaturated/α-hetero) is 1. The van der Waals surface area contributed by atoms with Crippen LogP contribution in [-0.4, -0.2) is 10.2 Å². The summed E-state index contributed by atoms with van der Waals surface area (Å²) in [4.78, 5) is 24.0. The third kappa shape index (κ3) is 2.50. The standard InChI is InChI=1S/C18H15NO2/c1-13(20)16-12-15(11-14-7-3-2-4-8-14)17-9-5-6-10-19(17)18(16)21/h2-10,12H,11H2,1H3. The van der Waals surface area contributed by atoms with E-state index in [0.29, 0.717) is 6.42 Å². The lowest BCUT2D eigenvalue weighted by Crippen LogP contribution is -2.22. The lowest BCUT2D eigenvalue weighted by atomic mass is 10.0. The Hall–Kier alpha value is -2.68. The first-order valence-corrected chi connectivity index (χ1v) is 6.85. The van der Waals surface area contributed by atoms with Gasteiger partial charge in [0.05, 0.1) is 11.1 Å². The quantitative estimate of drug-likeness (QED) is 0.690. The van der Waals surface area contributed by atoms with Crippen LogP contribution in [0.2, 0.25) is 0 Å². The average Bonchev–Trinajstić information content (AvgIpc) is 2.51. The number of hydrogen-bond donors (Lipinski definition) is 0. The van der Waals surface area contributed by atoms with Crippen molar-refractivity contribution in [1.29, 1.82) is 0 Å². The molecule has 104 valence electrons. The van der Waals surface area contributed by atoms with E-state index in [1.807, 2.05) is 42.5 Å². The summed E-state index contributed by atoms with van der Waals surface area (Å²) in [7, 11) is 0. The molecule has 1 aromatic carbocycles. The molecule has 0 N–H and O–H groups in total. The molecule has 0 unspecified atom stereocenters. The first-order valence-electron chi connectivity index (χ1n) is 6.85. The van der Waals surface area contributed by atoms with Crippen molar-refractivity contribution >= 4 is 11.3 Å². The predicted molar refractivity (Wildman–Crippen MR) is 82.9 cm³/mol. The monoisotopic (exact) mass is 277 g/mol. The first kappa shape index (κ1) is 13.3. The maximum atomic E-state index is 12.3. The smallest absolute Gasteiger partial charge is 0.265 e. The van der Waals surface area contributed by atoms with Crippen LogP contribution < -0.4 is 5.56 Å². The molecular formula is C18H15NO2. The van der Waals surface area contributed by atoms with Gasteiger partial charge < -0.3 is 0 Å². The molecule has 0 spiro atoms. The topological polar surface area (TPSA) is 38.5 Å². The SMILES string of the molecule is CC(=O)c1cc(Cc2ccccc2)c2ccccn2c1=O. The molecule has 0 amide bonds. The molecule has 0 aliphatic heterocycles. The van der Waals surface area contributed by atoms with Crippen LogP contribution in [0.3, 0.4) is 0 Å². The minimum absolute atomic E-state index is 0.201. The van der Waals surface area contributed by atoms with Gasteiger partial charge in [-0.05, 0) is 42.7 Å². The number of carbonyl (C=O) groups is 1. The fourth-order valence-corrected chi connectivity index (χ4v) is 2.53. The molecule has 0 aliphatic rings. The van der Waals surface area contributed by atoms with Gasteiger partial charge in [-0.15, -0.1) is 0 Å². The molecule has 0 bridgehead atoms. The summed E-state index contributed by atoms with van der Waals surface area (Å²) < 4.78 is 1.55. The summed E-state index contributed by atoms with van der Waals surface area (Å²) >= 11 is 0. The highest BCUT2D eigenvalue weighted by molar-refractivity contribution is 5.94. The number of aromatic nitrogens is 1. The Kier molecular flexibility index (Phi) is 3.40. The van der Waals surface area contributed by atoms with Crippen molar-refractivity contribution in [1.82, 2.24) is 4.40 Å². The Labute approximate surface area is 122 Å². The van der Waals surface area contributed by atoms with Crippen LogP contribution >= 0.6 is 0 Å². The fourth-order valence-electron chi connectivity index (χ4n) is 2.53. The van der Waals surface area contributed by atoms with E-state index in [0.717, 1.165) is 16.6 Å². The highest BCUT2D eigenvalue weighted by Crippen LogP contribution is 2.16. The van der Waals surface area contributed by atoms with E-state index in [1.54, 1.807) is 22.7 Å². The molecule has 2 heterocycles. The number of rotatable bonds is 3. The maximum Gasteiger partial charge on any atom is 0.265 e. The molecule has 0 fully saturated rings. The largest absolute Gasteiger partial charge is 0.294 e. The van der Waals surface area contributed by atoms with Gasteiger partial charge in [-0.1, -0.05) is 36.4 Å². The number of pyridine rings is 2. The Morgan fingerprint density at radius 2 is 1.76 bits per heavy atom. The van der Waals surface area contributed by atoms with E-state index in [2.05, 4.69) is 0 Å². The van der Waals surface area contributed by atoms with Crippen LogP contribution in [0.1, 0.15) is 28.4 Å². The highest BCUT2D eigenvalue weighted by Gasteiger charge is 2.12. The van der Waals surface area contributed by atoms with Crippen LogP contribution in [0.4, 0.5) is 0 Å². The minimum Gasteiger partial charge on any atom is -0.294 e. The zero-order valence-corrected chi connectivity index (χ0v) is 11.7. The fraction of sp³-hybridized carbons (Fsp3) is 0.111. The van der Waals surface area contributed by atoms with Gasteiger partial charge in [-0.2, -0.15) is 0 Å². The van der Waals surface area contributed by atoms with Gasteiger partial charge in [0.1, 0.15) is 0 Å². The van der Waals surface area contributed by atoms with Gasteiger partial charge in [0.15, 0.2) is 5.78 Å². The second-order valence-electron chi connectivity index (χ2n) is 5.06. The summed E-state index contributed by atoms with van der Waals surface area (Å²) in [5.74, 6) is -0.201. The Balaban J connectivity index is 2.24. The zero-order chi connectivity index (χ0) is 14.8. The summed E-state index contributed by atoms with van der Waals surface area (Å²) in [6, 6.07) is 17.4. The highest BCUT2D eigenvalue weighted by atomic mass is 16.1. The molecule has 0 atom stereocenters. The van der Waals surface area contributed by atoms with Gasteiger partial charge in [-0.3, -0.25) is 14.0 Å². The third-order valence-corrected chi connectivity index (χ3v) is 3.57. The van der Waals surface area contributed by atoms with Crippen LogP contribution in [-0.2, 0) is 6.42 Å². The van der Waals surface area contributed by atoms with Crippen molar-refractivity contribution in [2.75, 3.05) is 0 Å². The van der Waals surface area contributed by atoms with Gasteiger partial charge >= 0.3 is 0 Å². The number of carbonyl (C=O) groups excluding carboxylic acids is 1. The average molecular weight is 277 g/mol. The number of nitrogens with zero attached hydrogens (tertiary/aromatic N) is 1. The van der Waals surface area contributed by atoms with Gasteiger partial charge in [0.25, 0.3) is 5.56 Å². The van der Waals surface area contributed by atoms with Crippen LogP contribution in [0.25, 0.3) is 5.52 Å². The summed E-state index contributed by atoms with van der Waals surface area (Å²) in [6.07, 6.45) is 2.40. The van der Waals surface area contributed by atoms with Gasteiger partial charge in [-0.25, -0.2) is 0 Å². The van der Waals surface area contributed by atoms with E-state index >= 15 is 0 Å². The van der Waals surface area contributed by atoms with Crippen molar-refractivity contribution in [2.24, 2.45) is 0 Å². The molecule has 3 aromatic rings. The van der Waals surface area contributed by atoms with Crippen LogP contribution in [0, 0.1) is 0 Å². The lowest BCUT2D eigenvalue weighted by molar-refractivity contribution is 0.101. The zero-order valence-electron chi connectivity index (χ0n) is 11.7.